The minimum Gasteiger partial charge on any atom is -0.495 e. The number of rotatable bonds is 5. The molecule has 0 radical (unpaired) electrons. The summed E-state index contributed by atoms with van der Waals surface area (Å²) in [7, 11) is 3.87. The van der Waals surface area contributed by atoms with Gasteiger partial charge in [-0.05, 0) is 31.3 Å². The first-order chi connectivity index (χ1) is 9.67. The minimum atomic E-state index is 0.309. The van der Waals surface area contributed by atoms with E-state index in [1.807, 2.05) is 17.8 Å². The molecular weight excluding hydrogens is 292 g/mol. The first-order valence-electron chi connectivity index (χ1n) is 7.02. The number of nitrogens with one attached hydrogen (secondary N) is 1. The van der Waals surface area contributed by atoms with Gasteiger partial charge in [-0.2, -0.15) is 11.8 Å². The van der Waals surface area contributed by atoms with Crippen molar-refractivity contribution in [2.75, 3.05) is 38.8 Å². The minimum absolute atomic E-state index is 0.309. The van der Waals surface area contributed by atoms with Gasteiger partial charge >= 0.3 is 0 Å². The van der Waals surface area contributed by atoms with Crippen molar-refractivity contribution in [3.63, 3.8) is 0 Å². The van der Waals surface area contributed by atoms with Gasteiger partial charge in [0.2, 0.25) is 0 Å². The molecule has 5 heteroatoms. The molecule has 0 spiro atoms. The highest BCUT2D eigenvalue weighted by molar-refractivity contribution is 7.99. The van der Waals surface area contributed by atoms with Crippen molar-refractivity contribution in [3.05, 3.63) is 28.8 Å². The molecule has 1 heterocycles. The van der Waals surface area contributed by atoms with Gasteiger partial charge in [0, 0.05) is 30.1 Å². The van der Waals surface area contributed by atoms with Gasteiger partial charge in [-0.3, -0.25) is 4.90 Å². The molecule has 2 rings (SSSR count). The third-order valence-electron chi connectivity index (χ3n) is 3.79. The molecular formula is C15H23ClN2OS. The van der Waals surface area contributed by atoms with Gasteiger partial charge in [-0.1, -0.05) is 24.6 Å². The lowest BCUT2D eigenvalue weighted by atomic mass is 9.98. The number of nitrogens with zero attached hydrogens (tertiary/aromatic N) is 1. The SMILES string of the molecule is CCNC(c1ccc(Cl)c(OC)c1)C1CSCCN1C. The summed E-state index contributed by atoms with van der Waals surface area (Å²) in [6.45, 7) is 4.24. The normalized spacial score (nSPS) is 21.7. The zero-order chi connectivity index (χ0) is 14.5. The average molecular weight is 315 g/mol. The van der Waals surface area contributed by atoms with E-state index >= 15 is 0 Å². The Morgan fingerprint density at radius 2 is 2.35 bits per heavy atom. The molecule has 1 aliphatic rings. The zero-order valence-electron chi connectivity index (χ0n) is 12.4. The molecule has 20 heavy (non-hydrogen) atoms. The lowest BCUT2D eigenvalue weighted by Gasteiger charge is -2.38. The van der Waals surface area contributed by atoms with Crippen LogP contribution in [0.1, 0.15) is 18.5 Å². The Labute approximate surface area is 131 Å². The third kappa shape index (κ3) is 3.61. The van der Waals surface area contributed by atoms with E-state index in [0.29, 0.717) is 17.1 Å². The second-order valence-corrected chi connectivity index (χ2v) is 6.61. The molecule has 2 unspecified atom stereocenters. The number of methoxy groups -OCH3 is 1. The van der Waals surface area contributed by atoms with Crippen molar-refractivity contribution in [1.29, 1.82) is 0 Å². The first kappa shape index (κ1) is 16.0. The standard InChI is InChI=1S/C15H23ClN2OS/c1-4-17-15(13-10-20-8-7-18(13)2)11-5-6-12(16)14(9-11)19-3/h5-6,9,13,15,17H,4,7-8,10H2,1-3H3. The monoisotopic (exact) mass is 314 g/mol. The summed E-state index contributed by atoms with van der Waals surface area (Å²) in [5.41, 5.74) is 1.24. The number of thioether (sulfide) groups is 1. The summed E-state index contributed by atoms with van der Waals surface area (Å²) < 4.78 is 5.35. The van der Waals surface area contributed by atoms with E-state index in [2.05, 4.69) is 36.3 Å². The maximum absolute atomic E-state index is 6.13. The molecule has 0 bridgehead atoms. The van der Waals surface area contributed by atoms with Gasteiger partial charge in [0.05, 0.1) is 12.1 Å². The van der Waals surface area contributed by atoms with Gasteiger partial charge in [0.1, 0.15) is 5.75 Å². The Morgan fingerprint density at radius 1 is 1.55 bits per heavy atom. The lowest BCUT2D eigenvalue weighted by Crippen LogP contribution is -2.47. The molecule has 1 fully saturated rings. The van der Waals surface area contributed by atoms with Crippen molar-refractivity contribution < 1.29 is 4.74 Å². The van der Waals surface area contributed by atoms with Crippen molar-refractivity contribution in [1.82, 2.24) is 10.2 Å². The van der Waals surface area contributed by atoms with Crippen LogP contribution in [0.2, 0.25) is 5.02 Å². The van der Waals surface area contributed by atoms with Gasteiger partial charge in [-0.15, -0.1) is 0 Å². The molecule has 1 aromatic carbocycles. The van der Waals surface area contributed by atoms with E-state index in [4.69, 9.17) is 16.3 Å². The average Bonchev–Trinajstić information content (AvgIpc) is 2.46. The summed E-state index contributed by atoms with van der Waals surface area (Å²) in [6.07, 6.45) is 0. The van der Waals surface area contributed by atoms with Crippen molar-refractivity contribution in [3.8, 4) is 5.75 Å². The van der Waals surface area contributed by atoms with Gasteiger partial charge < -0.3 is 10.1 Å². The topological polar surface area (TPSA) is 24.5 Å². The molecule has 0 aromatic heterocycles. The molecule has 3 nitrogen and oxygen atoms in total. The predicted molar refractivity (Wildman–Crippen MR) is 88.2 cm³/mol. The van der Waals surface area contributed by atoms with Crippen LogP contribution in [0.5, 0.6) is 5.75 Å². The molecule has 0 saturated carbocycles. The van der Waals surface area contributed by atoms with Crippen LogP contribution in [0, 0.1) is 0 Å². The number of hydrogen-bond donors (Lipinski definition) is 1. The smallest absolute Gasteiger partial charge is 0.137 e. The van der Waals surface area contributed by atoms with E-state index < -0.39 is 0 Å². The summed E-state index contributed by atoms with van der Waals surface area (Å²) in [6, 6.07) is 6.90. The van der Waals surface area contributed by atoms with Crippen LogP contribution < -0.4 is 10.1 Å². The predicted octanol–water partition coefficient (Wildman–Crippen LogP) is 3.05. The van der Waals surface area contributed by atoms with E-state index in [-0.39, 0.29) is 0 Å². The molecule has 0 aliphatic carbocycles. The Hall–Kier alpha value is -0.420. The maximum atomic E-state index is 6.13. The highest BCUT2D eigenvalue weighted by Gasteiger charge is 2.29. The second kappa shape index (κ2) is 7.55. The van der Waals surface area contributed by atoms with Crippen molar-refractivity contribution >= 4 is 23.4 Å². The third-order valence-corrected chi connectivity index (χ3v) is 5.15. The van der Waals surface area contributed by atoms with Crippen LogP contribution >= 0.6 is 23.4 Å². The summed E-state index contributed by atoms with van der Waals surface area (Å²) in [5, 5.41) is 4.28. The van der Waals surface area contributed by atoms with E-state index in [9.17, 15) is 0 Å². The summed E-state index contributed by atoms with van der Waals surface area (Å²) in [5.74, 6) is 3.12. The van der Waals surface area contributed by atoms with Crippen LogP contribution in [-0.4, -0.2) is 49.7 Å². The Balaban J connectivity index is 2.27. The van der Waals surface area contributed by atoms with Crippen LogP contribution in [0.15, 0.2) is 18.2 Å². The molecule has 1 aromatic rings. The largest absolute Gasteiger partial charge is 0.495 e. The Morgan fingerprint density at radius 3 is 3.00 bits per heavy atom. The highest BCUT2D eigenvalue weighted by atomic mass is 35.5. The van der Waals surface area contributed by atoms with Crippen LogP contribution in [-0.2, 0) is 0 Å². The molecule has 0 amide bonds. The number of benzene rings is 1. The molecule has 2 atom stereocenters. The zero-order valence-corrected chi connectivity index (χ0v) is 13.9. The van der Waals surface area contributed by atoms with E-state index in [1.54, 1.807) is 7.11 Å². The summed E-state index contributed by atoms with van der Waals surface area (Å²) >= 11 is 8.16. The Kier molecular flexibility index (Phi) is 6.02. The lowest BCUT2D eigenvalue weighted by molar-refractivity contribution is 0.217. The molecule has 1 N–H and O–H groups in total. The number of halogens is 1. The molecule has 1 saturated heterocycles. The van der Waals surface area contributed by atoms with Crippen LogP contribution in [0.25, 0.3) is 0 Å². The molecule has 112 valence electrons. The van der Waals surface area contributed by atoms with Gasteiger partial charge in [0.25, 0.3) is 0 Å². The first-order valence-corrected chi connectivity index (χ1v) is 8.55. The number of likely N-dealkylation sites (N-methyl/N-ethyl adjacent to an activating group) is 2. The Bertz CT molecular complexity index is 444. The fourth-order valence-corrected chi connectivity index (χ4v) is 4.09. The number of hydrogen-bond acceptors (Lipinski definition) is 4. The number of ether oxygens (including phenoxy) is 1. The van der Waals surface area contributed by atoms with Crippen LogP contribution in [0.3, 0.4) is 0 Å². The van der Waals surface area contributed by atoms with Crippen molar-refractivity contribution in [2.45, 2.75) is 19.0 Å². The van der Waals surface area contributed by atoms with E-state index in [0.717, 1.165) is 24.6 Å². The van der Waals surface area contributed by atoms with Gasteiger partial charge in [-0.25, -0.2) is 0 Å². The molecule has 1 aliphatic heterocycles. The fraction of sp³-hybridized carbons (Fsp3) is 0.600. The van der Waals surface area contributed by atoms with Gasteiger partial charge in [0.15, 0.2) is 0 Å². The quantitative estimate of drug-likeness (QED) is 0.903. The van der Waals surface area contributed by atoms with Crippen molar-refractivity contribution in [2.24, 2.45) is 0 Å². The fourth-order valence-electron chi connectivity index (χ4n) is 2.62. The maximum Gasteiger partial charge on any atom is 0.137 e. The summed E-state index contributed by atoms with van der Waals surface area (Å²) in [4.78, 5) is 2.45. The van der Waals surface area contributed by atoms with E-state index in [1.165, 1.54) is 11.3 Å². The second-order valence-electron chi connectivity index (χ2n) is 5.05. The van der Waals surface area contributed by atoms with Crippen LogP contribution in [0.4, 0.5) is 0 Å². The highest BCUT2D eigenvalue weighted by Crippen LogP contribution is 2.32.